The molecule has 1 aromatic carbocycles. The molecule has 206 valence electrons. The van der Waals surface area contributed by atoms with Crippen molar-refractivity contribution in [2.45, 2.75) is 70.9 Å². The number of unbranched alkanes of at least 4 members (excludes halogenated alkanes) is 2. The van der Waals surface area contributed by atoms with Crippen molar-refractivity contribution in [2.75, 3.05) is 26.2 Å². The lowest BCUT2D eigenvalue weighted by Crippen LogP contribution is -2.53. The fourth-order valence-corrected chi connectivity index (χ4v) is 5.17. The average molecular weight is 528 g/mol. The zero-order valence-electron chi connectivity index (χ0n) is 22.6. The van der Waals surface area contributed by atoms with Crippen LogP contribution < -0.4 is 11.0 Å². The van der Waals surface area contributed by atoms with E-state index in [4.69, 9.17) is 4.74 Å². The minimum Gasteiger partial charge on any atom is -0.444 e. The number of hydrogen-bond acceptors (Lipinski definition) is 6. The van der Waals surface area contributed by atoms with Crippen LogP contribution >= 0.6 is 0 Å². The highest BCUT2D eigenvalue weighted by molar-refractivity contribution is 6.00. The second kappa shape index (κ2) is 11.0. The SMILES string of the molecule is Cn1c(=O)n(C2CCC(=O)NC2=O)c2cccc(CCCCCN3CCN(C(=O)OC(C)(C)C)CC3=O)c21. The summed E-state index contributed by atoms with van der Waals surface area (Å²) in [6.45, 7) is 7.03. The molecular weight excluding hydrogens is 490 g/mol. The van der Waals surface area contributed by atoms with Crippen LogP contribution in [-0.2, 0) is 32.6 Å². The van der Waals surface area contributed by atoms with Crippen LogP contribution in [0.5, 0.6) is 0 Å². The van der Waals surface area contributed by atoms with E-state index in [0.29, 0.717) is 31.6 Å². The van der Waals surface area contributed by atoms with Crippen LogP contribution in [0.2, 0.25) is 0 Å². The molecule has 2 aromatic rings. The van der Waals surface area contributed by atoms with Crippen molar-refractivity contribution in [1.82, 2.24) is 24.3 Å². The van der Waals surface area contributed by atoms with Crippen LogP contribution in [0.4, 0.5) is 4.79 Å². The maximum atomic E-state index is 13.1. The number of carbonyl (C=O) groups excluding carboxylic acids is 4. The average Bonchev–Trinajstić information content (AvgIpc) is 3.09. The van der Waals surface area contributed by atoms with E-state index in [1.165, 1.54) is 9.47 Å². The number of nitrogens with one attached hydrogen (secondary N) is 1. The Morgan fingerprint density at radius 1 is 1.08 bits per heavy atom. The molecule has 2 saturated heterocycles. The predicted molar refractivity (Wildman–Crippen MR) is 141 cm³/mol. The number of piperazine rings is 1. The molecule has 2 fully saturated rings. The first-order chi connectivity index (χ1) is 18.0. The molecule has 2 aliphatic heterocycles. The Labute approximate surface area is 221 Å². The number of carbonyl (C=O) groups is 4. The smallest absolute Gasteiger partial charge is 0.410 e. The van der Waals surface area contributed by atoms with E-state index in [9.17, 15) is 24.0 Å². The highest BCUT2D eigenvalue weighted by Crippen LogP contribution is 2.26. The van der Waals surface area contributed by atoms with Crippen molar-refractivity contribution in [3.8, 4) is 0 Å². The van der Waals surface area contributed by atoms with Crippen molar-refractivity contribution < 1.29 is 23.9 Å². The first-order valence-electron chi connectivity index (χ1n) is 13.2. The second-order valence-corrected chi connectivity index (χ2v) is 11.1. The van der Waals surface area contributed by atoms with Gasteiger partial charge in [-0.2, -0.15) is 0 Å². The number of para-hydroxylation sites is 1. The van der Waals surface area contributed by atoms with Gasteiger partial charge in [0.15, 0.2) is 0 Å². The van der Waals surface area contributed by atoms with Crippen LogP contribution in [0.15, 0.2) is 23.0 Å². The molecule has 0 radical (unpaired) electrons. The lowest BCUT2D eigenvalue weighted by molar-refractivity contribution is -0.136. The minimum absolute atomic E-state index is 0.0368. The Hall–Kier alpha value is -3.63. The van der Waals surface area contributed by atoms with Crippen molar-refractivity contribution in [3.63, 3.8) is 0 Å². The van der Waals surface area contributed by atoms with E-state index in [1.54, 1.807) is 37.3 Å². The largest absolute Gasteiger partial charge is 0.444 e. The summed E-state index contributed by atoms with van der Waals surface area (Å²) in [5.74, 6) is -0.828. The minimum atomic E-state index is -0.701. The van der Waals surface area contributed by atoms with Gasteiger partial charge >= 0.3 is 11.8 Å². The molecule has 2 aliphatic rings. The molecular formula is C27H37N5O6. The van der Waals surface area contributed by atoms with E-state index in [1.807, 2.05) is 18.2 Å². The molecule has 0 spiro atoms. The van der Waals surface area contributed by atoms with Crippen LogP contribution in [0, 0.1) is 0 Å². The number of piperidine rings is 1. The third-order valence-electron chi connectivity index (χ3n) is 7.05. The van der Waals surface area contributed by atoms with E-state index < -0.39 is 23.6 Å². The molecule has 0 saturated carbocycles. The quantitative estimate of drug-likeness (QED) is 0.435. The van der Waals surface area contributed by atoms with Crippen molar-refractivity contribution in [2.24, 2.45) is 7.05 Å². The molecule has 4 rings (SSSR count). The molecule has 11 nitrogen and oxygen atoms in total. The van der Waals surface area contributed by atoms with Crippen molar-refractivity contribution >= 4 is 34.8 Å². The Morgan fingerprint density at radius 3 is 2.53 bits per heavy atom. The van der Waals surface area contributed by atoms with E-state index in [2.05, 4.69) is 5.32 Å². The lowest BCUT2D eigenvalue weighted by atomic mass is 10.0. The van der Waals surface area contributed by atoms with Gasteiger partial charge in [-0.05, 0) is 58.1 Å². The number of amides is 4. The summed E-state index contributed by atoms with van der Waals surface area (Å²) in [5, 5.41) is 2.34. The van der Waals surface area contributed by atoms with Gasteiger partial charge in [0.2, 0.25) is 17.7 Å². The number of aryl methyl sites for hydroxylation is 2. The number of rotatable bonds is 7. The Kier molecular flexibility index (Phi) is 7.94. The van der Waals surface area contributed by atoms with Gasteiger partial charge < -0.3 is 9.64 Å². The van der Waals surface area contributed by atoms with Crippen LogP contribution in [0.3, 0.4) is 0 Å². The number of ether oxygens (including phenoxy) is 1. The van der Waals surface area contributed by atoms with E-state index in [-0.39, 0.29) is 30.5 Å². The van der Waals surface area contributed by atoms with Crippen molar-refractivity contribution in [1.29, 1.82) is 0 Å². The van der Waals surface area contributed by atoms with Gasteiger partial charge in [-0.15, -0.1) is 0 Å². The maximum absolute atomic E-state index is 13.1. The summed E-state index contributed by atoms with van der Waals surface area (Å²) in [4.78, 5) is 65.1. The third-order valence-corrected chi connectivity index (χ3v) is 7.05. The number of fused-ring (bicyclic) bond motifs is 1. The summed E-state index contributed by atoms with van der Waals surface area (Å²) in [5.41, 5.74) is 1.65. The molecule has 4 amide bonds. The third kappa shape index (κ3) is 5.92. The zero-order valence-corrected chi connectivity index (χ0v) is 22.6. The molecule has 0 aliphatic carbocycles. The topological polar surface area (TPSA) is 123 Å². The molecule has 1 aromatic heterocycles. The monoisotopic (exact) mass is 527 g/mol. The summed E-state index contributed by atoms with van der Waals surface area (Å²) in [6, 6.07) is 5.03. The Balaban J connectivity index is 1.31. The summed E-state index contributed by atoms with van der Waals surface area (Å²) in [6.07, 6.45) is 3.42. The van der Waals surface area contributed by atoms with Gasteiger partial charge in [-0.25, -0.2) is 9.59 Å². The second-order valence-electron chi connectivity index (χ2n) is 11.1. The van der Waals surface area contributed by atoms with Gasteiger partial charge in [-0.3, -0.25) is 33.7 Å². The maximum Gasteiger partial charge on any atom is 0.410 e. The van der Waals surface area contributed by atoms with Gasteiger partial charge in [0.1, 0.15) is 18.2 Å². The number of imidazole rings is 1. The van der Waals surface area contributed by atoms with Gasteiger partial charge in [-0.1, -0.05) is 18.6 Å². The van der Waals surface area contributed by atoms with Crippen LogP contribution in [0.1, 0.15) is 64.5 Å². The molecule has 0 bridgehead atoms. The van der Waals surface area contributed by atoms with Crippen LogP contribution in [-0.4, -0.2) is 74.5 Å². The highest BCUT2D eigenvalue weighted by atomic mass is 16.6. The summed E-state index contributed by atoms with van der Waals surface area (Å²) in [7, 11) is 1.71. The Morgan fingerprint density at radius 2 is 1.84 bits per heavy atom. The number of aromatic nitrogens is 2. The lowest BCUT2D eigenvalue weighted by Gasteiger charge is -2.35. The number of nitrogens with zero attached hydrogens (tertiary/aromatic N) is 4. The molecule has 11 heteroatoms. The first kappa shape index (κ1) is 27.4. The zero-order chi connectivity index (χ0) is 27.6. The number of hydrogen-bond donors (Lipinski definition) is 1. The Bertz CT molecular complexity index is 1300. The first-order valence-corrected chi connectivity index (χ1v) is 13.2. The number of benzene rings is 1. The summed E-state index contributed by atoms with van der Waals surface area (Å²) >= 11 is 0. The van der Waals surface area contributed by atoms with E-state index >= 15 is 0 Å². The number of imide groups is 1. The fraction of sp³-hybridized carbons (Fsp3) is 0.593. The standard InChI is InChI=1S/C27H37N5O6/c1-27(2,3)38-26(37)31-16-15-30(22(34)17-31)14-7-5-6-9-18-10-8-11-19-23(18)29(4)25(36)32(19)20-12-13-21(33)28-24(20)35/h8,10-11,20H,5-7,9,12-17H2,1-4H3,(H,28,33,35). The van der Waals surface area contributed by atoms with Gasteiger partial charge in [0.05, 0.1) is 11.0 Å². The van der Waals surface area contributed by atoms with Crippen molar-refractivity contribution in [3.05, 3.63) is 34.2 Å². The summed E-state index contributed by atoms with van der Waals surface area (Å²) < 4.78 is 8.45. The van der Waals surface area contributed by atoms with Crippen LogP contribution in [0.25, 0.3) is 11.0 Å². The van der Waals surface area contributed by atoms with Gasteiger partial charge in [0, 0.05) is 33.1 Å². The molecule has 38 heavy (non-hydrogen) atoms. The molecule has 1 atom stereocenters. The predicted octanol–water partition coefficient (Wildman–Crippen LogP) is 2.11. The highest BCUT2D eigenvalue weighted by Gasteiger charge is 2.32. The van der Waals surface area contributed by atoms with E-state index in [0.717, 1.165) is 36.8 Å². The molecule has 1 unspecified atom stereocenters. The molecule has 1 N–H and O–H groups in total. The van der Waals surface area contributed by atoms with Gasteiger partial charge in [0.25, 0.3) is 0 Å². The normalized spacial score (nSPS) is 18.7. The molecule has 3 heterocycles. The fourth-order valence-electron chi connectivity index (χ4n) is 5.17.